The zero-order valence-corrected chi connectivity index (χ0v) is 19.3. The van der Waals surface area contributed by atoms with Gasteiger partial charge in [-0.2, -0.15) is 0 Å². The van der Waals surface area contributed by atoms with Crippen molar-refractivity contribution in [1.29, 1.82) is 0 Å². The van der Waals surface area contributed by atoms with Crippen LogP contribution in [0.5, 0.6) is 0 Å². The summed E-state index contributed by atoms with van der Waals surface area (Å²) in [5, 5.41) is 5.20. The van der Waals surface area contributed by atoms with Gasteiger partial charge in [0.2, 0.25) is 0 Å². The fourth-order valence-electron chi connectivity index (χ4n) is 3.03. The van der Waals surface area contributed by atoms with Gasteiger partial charge in [-0.1, -0.05) is 12.1 Å². The average molecular weight is 488 g/mol. The largest absolute Gasteiger partial charge is 0.350 e. The molecule has 0 atom stereocenters. The second-order valence-corrected chi connectivity index (χ2v) is 9.25. The molecule has 3 aromatic rings. The van der Waals surface area contributed by atoms with Gasteiger partial charge < -0.3 is 10.6 Å². The molecule has 0 radical (unpaired) electrons. The summed E-state index contributed by atoms with van der Waals surface area (Å²) in [6, 6.07) is 13.1. The number of aryl methyl sites for hydroxylation is 2. The van der Waals surface area contributed by atoms with Gasteiger partial charge in [-0.25, -0.2) is 17.2 Å². The molecule has 0 aliphatic rings. The SMILES string of the molecule is Cc1ccc(C(=O)NCCNC(=O)c2cc(S(=O)(=O)Nc3ccc(F)cc3)ccc2C)cc1F. The van der Waals surface area contributed by atoms with E-state index >= 15 is 0 Å². The lowest BCUT2D eigenvalue weighted by molar-refractivity contribution is 0.0927. The highest BCUT2D eigenvalue weighted by Crippen LogP contribution is 2.19. The molecule has 0 unspecified atom stereocenters. The molecule has 3 N–H and O–H groups in total. The minimum Gasteiger partial charge on any atom is -0.350 e. The Hall–Kier alpha value is -3.79. The number of sulfonamides is 1. The molecular formula is C24H23F2N3O4S. The Morgan fingerprint density at radius 3 is 2.06 bits per heavy atom. The average Bonchev–Trinajstić information content (AvgIpc) is 2.79. The first-order valence-corrected chi connectivity index (χ1v) is 11.8. The van der Waals surface area contributed by atoms with Crippen LogP contribution in [0.3, 0.4) is 0 Å². The predicted molar refractivity (Wildman–Crippen MR) is 124 cm³/mol. The summed E-state index contributed by atoms with van der Waals surface area (Å²) >= 11 is 0. The second-order valence-electron chi connectivity index (χ2n) is 7.56. The number of nitrogens with one attached hydrogen (secondary N) is 3. The molecule has 3 rings (SSSR count). The van der Waals surface area contributed by atoms with Crippen LogP contribution in [0.2, 0.25) is 0 Å². The normalized spacial score (nSPS) is 11.1. The van der Waals surface area contributed by atoms with Crippen LogP contribution < -0.4 is 15.4 Å². The van der Waals surface area contributed by atoms with Gasteiger partial charge in [-0.3, -0.25) is 14.3 Å². The lowest BCUT2D eigenvalue weighted by atomic mass is 10.1. The Morgan fingerprint density at radius 2 is 1.41 bits per heavy atom. The summed E-state index contributed by atoms with van der Waals surface area (Å²) in [4.78, 5) is 24.6. The second kappa shape index (κ2) is 10.4. The van der Waals surface area contributed by atoms with Crippen molar-refractivity contribution in [3.05, 3.63) is 94.6 Å². The number of carbonyl (C=O) groups is 2. The third-order valence-electron chi connectivity index (χ3n) is 4.99. The molecule has 10 heteroatoms. The molecule has 0 aromatic heterocycles. The summed E-state index contributed by atoms with van der Waals surface area (Å²) in [6.45, 7) is 3.41. The monoisotopic (exact) mass is 487 g/mol. The van der Waals surface area contributed by atoms with Gasteiger partial charge in [0.15, 0.2) is 0 Å². The third kappa shape index (κ3) is 6.16. The lowest BCUT2D eigenvalue weighted by Crippen LogP contribution is -2.35. The molecule has 3 aromatic carbocycles. The number of anilines is 1. The van der Waals surface area contributed by atoms with Crippen molar-refractivity contribution in [1.82, 2.24) is 10.6 Å². The molecule has 34 heavy (non-hydrogen) atoms. The molecular weight excluding hydrogens is 464 g/mol. The quantitative estimate of drug-likeness (QED) is 0.423. The summed E-state index contributed by atoms with van der Waals surface area (Å²) in [6.07, 6.45) is 0. The Balaban J connectivity index is 1.61. The van der Waals surface area contributed by atoms with E-state index in [2.05, 4.69) is 15.4 Å². The first-order chi connectivity index (χ1) is 16.1. The van der Waals surface area contributed by atoms with Gasteiger partial charge in [0.05, 0.1) is 4.90 Å². The number of benzene rings is 3. The van der Waals surface area contributed by atoms with E-state index in [4.69, 9.17) is 0 Å². The van der Waals surface area contributed by atoms with Crippen LogP contribution in [0.4, 0.5) is 14.5 Å². The van der Waals surface area contributed by atoms with E-state index in [9.17, 15) is 26.8 Å². The van der Waals surface area contributed by atoms with Crippen LogP contribution in [0.25, 0.3) is 0 Å². The zero-order valence-electron chi connectivity index (χ0n) is 18.5. The fourth-order valence-corrected chi connectivity index (χ4v) is 4.11. The van der Waals surface area contributed by atoms with Crippen molar-refractivity contribution in [3.63, 3.8) is 0 Å². The number of halogens is 2. The van der Waals surface area contributed by atoms with Gasteiger partial charge in [0.1, 0.15) is 11.6 Å². The molecule has 2 amide bonds. The number of carbonyl (C=O) groups excluding carboxylic acids is 2. The molecule has 0 heterocycles. The van der Waals surface area contributed by atoms with Gasteiger partial charge in [0, 0.05) is 29.9 Å². The highest BCUT2D eigenvalue weighted by molar-refractivity contribution is 7.92. The molecule has 0 aliphatic carbocycles. The lowest BCUT2D eigenvalue weighted by Gasteiger charge is -2.12. The molecule has 7 nitrogen and oxygen atoms in total. The maximum absolute atomic E-state index is 13.6. The van der Waals surface area contributed by atoms with Crippen LogP contribution in [-0.2, 0) is 10.0 Å². The van der Waals surface area contributed by atoms with E-state index in [1.54, 1.807) is 13.8 Å². The Morgan fingerprint density at radius 1 is 0.794 bits per heavy atom. The van der Waals surface area contributed by atoms with E-state index in [0.29, 0.717) is 11.1 Å². The Bertz CT molecular complexity index is 1330. The maximum Gasteiger partial charge on any atom is 0.261 e. The molecule has 0 bridgehead atoms. The van der Waals surface area contributed by atoms with Gasteiger partial charge >= 0.3 is 0 Å². The fraction of sp³-hybridized carbons (Fsp3) is 0.167. The topological polar surface area (TPSA) is 104 Å². The summed E-state index contributed by atoms with van der Waals surface area (Å²) < 4.78 is 54.4. The van der Waals surface area contributed by atoms with Crippen molar-refractivity contribution in [2.75, 3.05) is 17.8 Å². The van der Waals surface area contributed by atoms with Crippen molar-refractivity contribution in [2.24, 2.45) is 0 Å². The molecule has 0 saturated carbocycles. The maximum atomic E-state index is 13.6. The molecule has 0 aliphatic heterocycles. The van der Waals surface area contributed by atoms with Crippen LogP contribution in [0.15, 0.2) is 65.6 Å². The third-order valence-corrected chi connectivity index (χ3v) is 6.37. The van der Waals surface area contributed by atoms with Crippen LogP contribution in [0.1, 0.15) is 31.8 Å². The van der Waals surface area contributed by atoms with Crippen LogP contribution >= 0.6 is 0 Å². The number of hydrogen-bond acceptors (Lipinski definition) is 4. The van der Waals surface area contributed by atoms with Crippen molar-refractivity contribution < 1.29 is 26.8 Å². The number of rotatable bonds is 8. The molecule has 0 fully saturated rings. The van der Waals surface area contributed by atoms with Gasteiger partial charge in [0.25, 0.3) is 21.8 Å². The Labute approximate surface area is 196 Å². The highest BCUT2D eigenvalue weighted by atomic mass is 32.2. The first-order valence-electron chi connectivity index (χ1n) is 10.3. The molecule has 178 valence electrons. The van der Waals surface area contributed by atoms with E-state index in [1.165, 1.54) is 42.5 Å². The summed E-state index contributed by atoms with van der Waals surface area (Å²) in [5.74, 6) is -1.99. The summed E-state index contributed by atoms with van der Waals surface area (Å²) in [7, 11) is -4.01. The van der Waals surface area contributed by atoms with Crippen molar-refractivity contribution in [2.45, 2.75) is 18.7 Å². The van der Waals surface area contributed by atoms with Gasteiger partial charge in [-0.15, -0.1) is 0 Å². The zero-order chi connectivity index (χ0) is 24.9. The smallest absolute Gasteiger partial charge is 0.261 e. The van der Waals surface area contributed by atoms with Crippen molar-refractivity contribution >= 4 is 27.5 Å². The van der Waals surface area contributed by atoms with Gasteiger partial charge in [-0.05, 0) is 73.5 Å². The first kappa shape index (κ1) is 24.8. The van der Waals surface area contributed by atoms with E-state index < -0.39 is 33.5 Å². The minimum absolute atomic E-state index is 0.0726. The van der Waals surface area contributed by atoms with Crippen LogP contribution in [-0.4, -0.2) is 33.3 Å². The van der Waals surface area contributed by atoms with E-state index in [-0.39, 0.29) is 34.8 Å². The van der Waals surface area contributed by atoms with Crippen LogP contribution in [0, 0.1) is 25.5 Å². The summed E-state index contributed by atoms with van der Waals surface area (Å²) in [5.41, 5.74) is 1.47. The minimum atomic E-state index is -4.01. The Kier molecular flexibility index (Phi) is 7.62. The number of amides is 2. The highest BCUT2D eigenvalue weighted by Gasteiger charge is 2.18. The van der Waals surface area contributed by atoms with E-state index in [1.807, 2.05) is 0 Å². The molecule has 0 spiro atoms. The standard InChI is InChI=1S/C24H23F2N3O4S/c1-15-4-10-20(34(32,33)29-19-8-6-18(25)7-9-19)14-21(15)24(31)28-12-11-27-23(30)17-5-3-16(2)22(26)13-17/h3-10,13-14,29H,11-12H2,1-2H3,(H,27,30)(H,28,31). The van der Waals surface area contributed by atoms with Crippen molar-refractivity contribution in [3.8, 4) is 0 Å². The number of hydrogen-bond donors (Lipinski definition) is 3. The molecule has 0 saturated heterocycles. The predicted octanol–water partition coefficient (Wildman–Crippen LogP) is 3.54. The van der Waals surface area contributed by atoms with E-state index in [0.717, 1.165) is 18.2 Å².